The van der Waals surface area contributed by atoms with Crippen molar-refractivity contribution < 1.29 is 13.8 Å². The van der Waals surface area contributed by atoms with Gasteiger partial charge in [0.25, 0.3) is 6.33 Å². The first-order chi connectivity index (χ1) is 14.2. The molecule has 140 valence electrons. The zero-order valence-corrected chi connectivity index (χ0v) is 15.5. The van der Waals surface area contributed by atoms with Crippen LogP contribution in [-0.2, 0) is 6.54 Å². The van der Waals surface area contributed by atoms with Crippen molar-refractivity contribution in [2.75, 3.05) is 0 Å². The van der Waals surface area contributed by atoms with E-state index in [-0.39, 0.29) is 5.56 Å². The fourth-order valence-electron chi connectivity index (χ4n) is 3.58. The molecule has 3 aromatic carbocycles. The van der Waals surface area contributed by atoms with Crippen LogP contribution in [0.15, 0.2) is 100 Å². The lowest BCUT2D eigenvalue weighted by molar-refractivity contribution is -0.662. The first kappa shape index (κ1) is 17.1. The third-order valence-corrected chi connectivity index (χ3v) is 4.99. The van der Waals surface area contributed by atoms with E-state index in [0.29, 0.717) is 17.5 Å². The summed E-state index contributed by atoms with van der Waals surface area (Å²) in [6.45, 7) is 0.619. The standard InChI is InChI=1S/C24H17N2O3/c27-23(19-14-18-10-4-7-13-22(18)29-24(19)28)26-16-25(15-17-8-2-1-3-9-17)20-11-5-6-12-21(20)26/h1-14,16H,15H2/q+1. The van der Waals surface area contributed by atoms with E-state index in [0.717, 1.165) is 16.6 Å². The number of hydrogen-bond acceptors (Lipinski definition) is 3. The Morgan fingerprint density at radius 1 is 0.897 bits per heavy atom. The summed E-state index contributed by atoms with van der Waals surface area (Å²) >= 11 is 0. The highest BCUT2D eigenvalue weighted by Crippen LogP contribution is 2.16. The molecule has 0 fully saturated rings. The van der Waals surface area contributed by atoms with E-state index in [1.807, 2.05) is 71.3 Å². The maximum absolute atomic E-state index is 13.3. The summed E-state index contributed by atoms with van der Waals surface area (Å²) in [5, 5.41) is 0.712. The van der Waals surface area contributed by atoms with Crippen LogP contribution in [0.4, 0.5) is 0 Å². The molecule has 0 bridgehead atoms. The Balaban J connectivity index is 1.64. The second-order valence-electron chi connectivity index (χ2n) is 6.88. The maximum Gasteiger partial charge on any atom is 0.353 e. The number of imidazole rings is 1. The summed E-state index contributed by atoms with van der Waals surface area (Å²) in [7, 11) is 0. The highest BCUT2D eigenvalue weighted by atomic mass is 16.4. The van der Waals surface area contributed by atoms with Crippen molar-refractivity contribution in [3.63, 3.8) is 0 Å². The van der Waals surface area contributed by atoms with Gasteiger partial charge in [0.15, 0.2) is 16.6 Å². The van der Waals surface area contributed by atoms with E-state index in [9.17, 15) is 9.59 Å². The molecule has 29 heavy (non-hydrogen) atoms. The van der Waals surface area contributed by atoms with Gasteiger partial charge in [0, 0.05) is 5.39 Å². The molecule has 5 rings (SSSR count). The zero-order valence-electron chi connectivity index (χ0n) is 15.5. The number of rotatable bonds is 3. The van der Waals surface area contributed by atoms with Crippen molar-refractivity contribution in [2.24, 2.45) is 0 Å². The quantitative estimate of drug-likeness (QED) is 0.353. The van der Waals surface area contributed by atoms with E-state index in [4.69, 9.17) is 4.42 Å². The third kappa shape index (κ3) is 3.02. The van der Waals surface area contributed by atoms with Crippen LogP contribution in [0, 0.1) is 0 Å². The fraction of sp³-hybridized carbons (Fsp3) is 0.0417. The molecule has 0 radical (unpaired) electrons. The Morgan fingerprint density at radius 3 is 2.48 bits per heavy atom. The number of aromatic nitrogens is 2. The van der Waals surface area contributed by atoms with Gasteiger partial charge in [-0.3, -0.25) is 0 Å². The highest BCUT2D eigenvalue weighted by molar-refractivity contribution is 6.01. The number of hydrogen-bond donors (Lipinski definition) is 0. The van der Waals surface area contributed by atoms with E-state index >= 15 is 0 Å². The fourth-order valence-corrected chi connectivity index (χ4v) is 3.58. The van der Waals surface area contributed by atoms with Crippen molar-refractivity contribution in [2.45, 2.75) is 6.54 Å². The van der Waals surface area contributed by atoms with Crippen molar-refractivity contribution in [1.29, 1.82) is 0 Å². The predicted molar refractivity (Wildman–Crippen MR) is 110 cm³/mol. The first-order valence-corrected chi connectivity index (χ1v) is 9.32. The van der Waals surface area contributed by atoms with Gasteiger partial charge >= 0.3 is 11.5 Å². The molecule has 0 aliphatic heterocycles. The van der Waals surface area contributed by atoms with Gasteiger partial charge in [0.2, 0.25) is 0 Å². The average Bonchev–Trinajstić information content (AvgIpc) is 3.12. The molecule has 0 unspecified atom stereocenters. The van der Waals surface area contributed by atoms with Gasteiger partial charge in [0.05, 0.1) is 0 Å². The number of benzene rings is 3. The van der Waals surface area contributed by atoms with Crippen molar-refractivity contribution >= 4 is 27.9 Å². The van der Waals surface area contributed by atoms with Crippen LogP contribution in [0.3, 0.4) is 0 Å². The van der Waals surface area contributed by atoms with Crippen molar-refractivity contribution in [3.05, 3.63) is 113 Å². The molecule has 5 aromatic rings. The molecule has 0 aliphatic rings. The third-order valence-electron chi connectivity index (χ3n) is 4.99. The Labute approximate surface area is 166 Å². The molecule has 0 amide bonds. The van der Waals surface area contributed by atoms with Gasteiger partial charge in [-0.05, 0) is 29.8 Å². The Morgan fingerprint density at radius 2 is 1.62 bits per heavy atom. The van der Waals surface area contributed by atoms with Gasteiger partial charge in [-0.25, -0.2) is 14.2 Å². The number of fused-ring (bicyclic) bond motifs is 2. The molecule has 5 heteroatoms. The highest BCUT2D eigenvalue weighted by Gasteiger charge is 2.25. The van der Waals surface area contributed by atoms with E-state index in [2.05, 4.69) is 0 Å². The molecule has 0 N–H and O–H groups in total. The van der Waals surface area contributed by atoms with Gasteiger partial charge in [-0.1, -0.05) is 60.7 Å². The minimum absolute atomic E-state index is 0.0105. The van der Waals surface area contributed by atoms with Crippen LogP contribution in [0.5, 0.6) is 0 Å². The van der Waals surface area contributed by atoms with Crippen LogP contribution in [0.25, 0.3) is 22.0 Å². The molecule has 2 heterocycles. The Bertz CT molecular complexity index is 1410. The summed E-state index contributed by atoms with van der Waals surface area (Å²) in [5.41, 5.74) is 2.61. The zero-order chi connectivity index (χ0) is 19.8. The van der Waals surface area contributed by atoms with Crippen LogP contribution in [-0.4, -0.2) is 10.5 Å². The van der Waals surface area contributed by atoms with Crippen LogP contribution in [0.2, 0.25) is 0 Å². The molecule has 0 aliphatic carbocycles. The van der Waals surface area contributed by atoms with Gasteiger partial charge in [0.1, 0.15) is 12.1 Å². The maximum atomic E-state index is 13.3. The Hall–Kier alpha value is -3.99. The monoisotopic (exact) mass is 381 g/mol. The van der Waals surface area contributed by atoms with Crippen molar-refractivity contribution in [1.82, 2.24) is 4.57 Å². The van der Waals surface area contributed by atoms with E-state index < -0.39 is 11.5 Å². The van der Waals surface area contributed by atoms with Crippen molar-refractivity contribution in [3.8, 4) is 0 Å². The van der Waals surface area contributed by atoms with Crippen LogP contribution in [0.1, 0.15) is 15.9 Å². The van der Waals surface area contributed by atoms with Crippen LogP contribution < -0.4 is 10.2 Å². The van der Waals surface area contributed by atoms with E-state index in [1.165, 1.54) is 4.57 Å². The Kier molecular flexibility index (Phi) is 4.06. The smallest absolute Gasteiger partial charge is 0.353 e. The molecular formula is C24H17N2O3+. The lowest BCUT2D eigenvalue weighted by Crippen LogP contribution is -2.33. The SMILES string of the molecule is O=C(c1cc2ccccc2oc1=O)n1c[n+](Cc2ccccc2)c2ccccc21. The van der Waals surface area contributed by atoms with Gasteiger partial charge < -0.3 is 4.42 Å². The normalized spacial score (nSPS) is 11.2. The second kappa shape index (κ2) is 6.87. The number of carbonyl (C=O) groups excluding carboxylic acids is 1. The second-order valence-corrected chi connectivity index (χ2v) is 6.88. The molecule has 0 saturated carbocycles. The summed E-state index contributed by atoms with van der Waals surface area (Å²) in [5.74, 6) is -0.410. The minimum atomic E-state index is -0.638. The topological polar surface area (TPSA) is 56.1 Å². The average molecular weight is 381 g/mol. The molecule has 0 spiro atoms. The van der Waals surface area contributed by atoms with E-state index in [1.54, 1.807) is 24.5 Å². The van der Waals surface area contributed by atoms with Crippen LogP contribution >= 0.6 is 0 Å². The molecule has 0 atom stereocenters. The molecule has 2 aromatic heterocycles. The minimum Gasteiger partial charge on any atom is -0.422 e. The summed E-state index contributed by atoms with van der Waals surface area (Å²) < 4.78 is 8.87. The molecule has 0 saturated heterocycles. The first-order valence-electron chi connectivity index (χ1n) is 9.32. The summed E-state index contributed by atoms with van der Waals surface area (Å²) in [4.78, 5) is 25.8. The lowest BCUT2D eigenvalue weighted by Gasteiger charge is -1.99. The number of carbonyl (C=O) groups is 1. The number of para-hydroxylation sites is 3. The van der Waals surface area contributed by atoms with Gasteiger partial charge in [-0.15, -0.1) is 0 Å². The molecular weight excluding hydrogens is 364 g/mol. The number of nitrogens with zero attached hydrogens (tertiary/aromatic N) is 2. The lowest BCUT2D eigenvalue weighted by atomic mass is 10.2. The van der Waals surface area contributed by atoms with Gasteiger partial charge in [-0.2, -0.15) is 4.57 Å². The summed E-state index contributed by atoms with van der Waals surface area (Å²) in [6, 6.07) is 26.4. The summed E-state index contributed by atoms with van der Waals surface area (Å²) in [6.07, 6.45) is 1.74. The molecule has 5 nitrogen and oxygen atoms in total. The predicted octanol–water partition coefficient (Wildman–Crippen LogP) is 3.77. The largest absolute Gasteiger partial charge is 0.422 e.